The predicted octanol–water partition coefficient (Wildman–Crippen LogP) is 4.60. The van der Waals surface area contributed by atoms with Crippen molar-refractivity contribution in [3.63, 3.8) is 0 Å². The molecule has 0 aliphatic carbocycles. The average Bonchev–Trinajstić information content (AvgIpc) is 3.13. The smallest absolute Gasteiger partial charge is 0.340 e. The Balaban J connectivity index is 1.99. The van der Waals surface area contributed by atoms with Crippen molar-refractivity contribution in [2.45, 2.75) is 20.8 Å². The molecule has 0 aliphatic rings. The van der Waals surface area contributed by atoms with Crippen LogP contribution in [0.5, 0.6) is 0 Å². The first-order valence-electron chi connectivity index (χ1n) is 7.49. The summed E-state index contributed by atoms with van der Waals surface area (Å²) in [6, 6.07) is 10.1. The Bertz CT molecular complexity index is 834. The van der Waals surface area contributed by atoms with Crippen LogP contribution in [0.3, 0.4) is 0 Å². The fourth-order valence-electron chi connectivity index (χ4n) is 2.62. The number of thiazole rings is 1. The highest BCUT2D eigenvalue weighted by Crippen LogP contribution is 2.32. The van der Waals surface area contributed by atoms with Crippen LogP contribution in [-0.4, -0.2) is 22.5 Å². The second-order valence-corrected chi connectivity index (χ2v) is 6.11. The molecule has 0 bridgehead atoms. The van der Waals surface area contributed by atoms with Crippen molar-refractivity contribution in [2.24, 2.45) is 0 Å². The van der Waals surface area contributed by atoms with Gasteiger partial charge in [-0.1, -0.05) is 30.3 Å². The van der Waals surface area contributed by atoms with Crippen molar-refractivity contribution in [3.8, 4) is 22.0 Å². The van der Waals surface area contributed by atoms with E-state index < -0.39 is 0 Å². The van der Waals surface area contributed by atoms with Gasteiger partial charge < -0.3 is 9.72 Å². The van der Waals surface area contributed by atoms with E-state index in [2.05, 4.69) is 4.98 Å². The molecule has 2 aromatic heterocycles. The lowest BCUT2D eigenvalue weighted by atomic mass is 10.1. The second kappa shape index (κ2) is 6.38. The number of rotatable bonds is 4. The monoisotopic (exact) mass is 326 g/mol. The minimum absolute atomic E-state index is 0.288. The number of nitrogens with zero attached hydrogens (tertiary/aromatic N) is 1. The number of esters is 1. The van der Waals surface area contributed by atoms with Crippen molar-refractivity contribution in [3.05, 3.63) is 52.5 Å². The summed E-state index contributed by atoms with van der Waals surface area (Å²) in [4.78, 5) is 20.1. The highest BCUT2D eigenvalue weighted by atomic mass is 32.1. The Morgan fingerprint density at radius 2 is 2.00 bits per heavy atom. The van der Waals surface area contributed by atoms with E-state index in [9.17, 15) is 4.79 Å². The molecule has 0 fully saturated rings. The Morgan fingerprint density at radius 1 is 1.26 bits per heavy atom. The molecule has 0 radical (unpaired) electrons. The molecule has 1 aromatic carbocycles. The summed E-state index contributed by atoms with van der Waals surface area (Å²) in [5.74, 6) is -0.288. The summed E-state index contributed by atoms with van der Waals surface area (Å²) in [5.41, 5.74) is 5.12. The Hall–Kier alpha value is -2.40. The van der Waals surface area contributed by atoms with Gasteiger partial charge in [0.1, 0.15) is 5.01 Å². The molecule has 23 heavy (non-hydrogen) atoms. The first-order chi connectivity index (χ1) is 11.1. The van der Waals surface area contributed by atoms with Gasteiger partial charge >= 0.3 is 5.97 Å². The van der Waals surface area contributed by atoms with Crippen LogP contribution >= 0.6 is 11.3 Å². The van der Waals surface area contributed by atoms with E-state index in [4.69, 9.17) is 9.72 Å². The molecule has 2 heterocycles. The summed E-state index contributed by atoms with van der Waals surface area (Å²) in [5, 5.41) is 2.97. The number of aromatic nitrogens is 2. The maximum atomic E-state index is 12.1. The fraction of sp³-hybridized carbons (Fsp3) is 0.222. The zero-order valence-corrected chi connectivity index (χ0v) is 14.2. The van der Waals surface area contributed by atoms with E-state index in [0.29, 0.717) is 12.2 Å². The predicted molar refractivity (Wildman–Crippen MR) is 92.8 cm³/mol. The largest absolute Gasteiger partial charge is 0.462 e. The lowest BCUT2D eigenvalue weighted by Crippen LogP contribution is -2.06. The van der Waals surface area contributed by atoms with E-state index in [0.717, 1.165) is 33.2 Å². The van der Waals surface area contributed by atoms with Crippen LogP contribution in [0.25, 0.3) is 22.0 Å². The van der Waals surface area contributed by atoms with Crippen LogP contribution in [0.2, 0.25) is 0 Å². The molecule has 4 nitrogen and oxygen atoms in total. The van der Waals surface area contributed by atoms with Crippen LogP contribution in [0.1, 0.15) is 28.5 Å². The normalized spacial score (nSPS) is 10.7. The van der Waals surface area contributed by atoms with Gasteiger partial charge in [0.05, 0.1) is 23.6 Å². The van der Waals surface area contributed by atoms with Gasteiger partial charge in [-0.05, 0) is 26.3 Å². The first-order valence-corrected chi connectivity index (χ1v) is 8.37. The van der Waals surface area contributed by atoms with Gasteiger partial charge in [-0.2, -0.15) is 0 Å². The van der Waals surface area contributed by atoms with Crippen LogP contribution < -0.4 is 0 Å². The molecule has 3 aromatic rings. The fourth-order valence-corrected chi connectivity index (χ4v) is 3.43. The molecule has 1 N–H and O–H groups in total. The van der Waals surface area contributed by atoms with Gasteiger partial charge in [0, 0.05) is 16.6 Å². The summed E-state index contributed by atoms with van der Waals surface area (Å²) in [6.07, 6.45) is 0. The van der Waals surface area contributed by atoms with Gasteiger partial charge in [-0.15, -0.1) is 11.3 Å². The van der Waals surface area contributed by atoms with Gasteiger partial charge in [0.2, 0.25) is 0 Å². The third-order valence-corrected chi connectivity index (χ3v) is 4.59. The standard InChI is InChI=1S/C18H18N2O2S/c1-4-22-18(21)15-11(2)16(19-12(15)3)14-10-23-17(20-14)13-8-6-5-7-9-13/h5-10,19H,4H2,1-3H3. The number of aryl methyl sites for hydroxylation is 1. The average molecular weight is 326 g/mol. The van der Waals surface area contributed by atoms with Crippen LogP contribution in [0.4, 0.5) is 0 Å². The summed E-state index contributed by atoms with van der Waals surface area (Å²) in [6.45, 7) is 5.98. The highest BCUT2D eigenvalue weighted by molar-refractivity contribution is 7.13. The number of carbonyl (C=O) groups excluding carboxylic acids is 1. The van der Waals surface area contributed by atoms with Crippen molar-refractivity contribution >= 4 is 17.3 Å². The molecule has 0 amide bonds. The molecule has 0 atom stereocenters. The molecule has 0 spiro atoms. The van der Waals surface area contributed by atoms with Crippen molar-refractivity contribution in [2.75, 3.05) is 6.61 Å². The topological polar surface area (TPSA) is 55.0 Å². The molecule has 0 saturated carbocycles. The zero-order chi connectivity index (χ0) is 16.4. The number of benzene rings is 1. The molecule has 118 valence electrons. The minimum Gasteiger partial charge on any atom is -0.462 e. The van der Waals surface area contributed by atoms with E-state index in [1.54, 1.807) is 11.3 Å². The Morgan fingerprint density at radius 3 is 2.70 bits per heavy atom. The van der Waals surface area contributed by atoms with E-state index in [1.165, 1.54) is 0 Å². The lowest BCUT2D eigenvalue weighted by Gasteiger charge is -2.02. The maximum Gasteiger partial charge on any atom is 0.340 e. The SMILES string of the molecule is CCOC(=O)c1c(C)[nH]c(-c2csc(-c3ccccc3)n2)c1C. The molecule has 0 saturated heterocycles. The number of hydrogen-bond donors (Lipinski definition) is 1. The third kappa shape index (κ3) is 2.92. The van der Waals surface area contributed by atoms with Crippen LogP contribution in [-0.2, 0) is 4.74 Å². The second-order valence-electron chi connectivity index (χ2n) is 5.25. The number of H-pyrrole nitrogens is 1. The van der Waals surface area contributed by atoms with Gasteiger partial charge in [-0.25, -0.2) is 9.78 Å². The maximum absolute atomic E-state index is 12.1. The molecule has 0 unspecified atom stereocenters. The quantitative estimate of drug-likeness (QED) is 0.713. The molecule has 3 rings (SSSR count). The number of hydrogen-bond acceptors (Lipinski definition) is 4. The Kier molecular flexibility index (Phi) is 4.30. The Labute approximate surface area is 139 Å². The van der Waals surface area contributed by atoms with Crippen molar-refractivity contribution in [1.82, 2.24) is 9.97 Å². The summed E-state index contributed by atoms with van der Waals surface area (Å²) < 4.78 is 5.14. The highest BCUT2D eigenvalue weighted by Gasteiger charge is 2.21. The number of aromatic amines is 1. The van der Waals surface area contributed by atoms with Crippen LogP contribution in [0.15, 0.2) is 35.7 Å². The van der Waals surface area contributed by atoms with Crippen LogP contribution in [0, 0.1) is 13.8 Å². The van der Waals surface area contributed by atoms with Crippen molar-refractivity contribution in [1.29, 1.82) is 0 Å². The van der Waals surface area contributed by atoms with E-state index in [-0.39, 0.29) is 5.97 Å². The zero-order valence-electron chi connectivity index (χ0n) is 13.3. The summed E-state index contributed by atoms with van der Waals surface area (Å²) >= 11 is 1.59. The molecule has 0 aliphatic heterocycles. The molecule has 5 heteroatoms. The first kappa shape index (κ1) is 15.5. The minimum atomic E-state index is -0.288. The molecular weight excluding hydrogens is 308 g/mol. The third-order valence-electron chi connectivity index (χ3n) is 3.70. The van der Waals surface area contributed by atoms with E-state index in [1.807, 2.05) is 56.5 Å². The number of nitrogens with one attached hydrogen (secondary N) is 1. The molecular formula is C18H18N2O2S. The number of carbonyl (C=O) groups is 1. The van der Waals surface area contributed by atoms with E-state index >= 15 is 0 Å². The lowest BCUT2D eigenvalue weighted by molar-refractivity contribution is 0.0525. The van der Waals surface area contributed by atoms with Crippen molar-refractivity contribution < 1.29 is 9.53 Å². The van der Waals surface area contributed by atoms with Gasteiger partial charge in [0.25, 0.3) is 0 Å². The number of ether oxygens (including phenoxy) is 1. The summed E-state index contributed by atoms with van der Waals surface area (Å²) in [7, 11) is 0. The van der Waals surface area contributed by atoms with Gasteiger partial charge in [0.15, 0.2) is 0 Å². The van der Waals surface area contributed by atoms with Gasteiger partial charge in [-0.3, -0.25) is 0 Å².